The van der Waals surface area contributed by atoms with Crippen LogP contribution in [0.25, 0.3) is 11.3 Å². The number of anilines is 1. The second-order valence-corrected chi connectivity index (χ2v) is 6.82. The predicted octanol–water partition coefficient (Wildman–Crippen LogP) is 3.82. The summed E-state index contributed by atoms with van der Waals surface area (Å²) in [6.07, 6.45) is 3.99. The lowest BCUT2D eigenvalue weighted by molar-refractivity contribution is -0.690. The first-order chi connectivity index (χ1) is 12.6. The van der Waals surface area contributed by atoms with Crippen LogP contribution >= 0.6 is 11.6 Å². The fourth-order valence-corrected chi connectivity index (χ4v) is 3.54. The van der Waals surface area contributed by atoms with E-state index < -0.39 is 0 Å². The minimum Gasteiger partial charge on any atom is -0.323 e. The van der Waals surface area contributed by atoms with E-state index in [1.807, 2.05) is 35.0 Å². The monoisotopic (exact) mass is 370 g/mol. The van der Waals surface area contributed by atoms with Crippen LogP contribution in [0.2, 0.25) is 5.02 Å². The van der Waals surface area contributed by atoms with Crippen LogP contribution in [0.5, 0.6) is 0 Å². The van der Waals surface area contributed by atoms with Crippen molar-refractivity contribution in [2.24, 2.45) is 0 Å². The van der Waals surface area contributed by atoms with Crippen molar-refractivity contribution in [3.05, 3.63) is 71.4 Å². The molecule has 0 radical (unpaired) electrons. The van der Waals surface area contributed by atoms with Gasteiger partial charge in [-0.25, -0.2) is 13.5 Å². The predicted molar refractivity (Wildman–Crippen MR) is 98.4 cm³/mol. The highest BCUT2D eigenvalue weighted by Crippen LogP contribution is 2.26. The van der Waals surface area contributed by atoms with Crippen molar-refractivity contribution in [1.29, 1.82) is 0 Å². The molecular formula is C20H18ClFN3O+. The summed E-state index contributed by atoms with van der Waals surface area (Å²) in [5.41, 5.74) is 2.61. The van der Waals surface area contributed by atoms with Gasteiger partial charge in [-0.2, -0.15) is 0 Å². The molecule has 4 nitrogen and oxygen atoms in total. The number of nitrogens with zero attached hydrogens (tertiary/aromatic N) is 2. The highest BCUT2D eigenvalue weighted by atomic mass is 35.5. The highest BCUT2D eigenvalue weighted by molar-refractivity contribution is 6.30. The second-order valence-electron chi connectivity index (χ2n) is 6.38. The molecule has 26 heavy (non-hydrogen) atoms. The Morgan fingerprint density at radius 1 is 1.23 bits per heavy atom. The third kappa shape index (κ3) is 3.35. The van der Waals surface area contributed by atoms with Gasteiger partial charge in [-0.05, 0) is 48.9 Å². The van der Waals surface area contributed by atoms with Gasteiger partial charge in [0.25, 0.3) is 11.7 Å². The van der Waals surface area contributed by atoms with E-state index in [1.165, 1.54) is 12.1 Å². The number of imidazole rings is 1. The molecule has 0 saturated heterocycles. The Kier molecular flexibility index (Phi) is 4.47. The summed E-state index contributed by atoms with van der Waals surface area (Å²) in [6.45, 7) is 1.13. The number of aromatic nitrogens is 2. The first-order valence-corrected chi connectivity index (χ1v) is 8.91. The molecule has 0 fully saturated rings. The standard InChI is InChI=1S/C20H17ClFN3O/c21-15-8-6-14(7-9-15)18-12-24(20-5-2-10-25(18)20)13-19(26)23-17-4-1-3-16(22)11-17/h1,3-4,6-9,11-12H,2,5,10,13H2/p+1. The van der Waals surface area contributed by atoms with Gasteiger partial charge in [0.15, 0.2) is 12.2 Å². The van der Waals surface area contributed by atoms with Gasteiger partial charge in [0.1, 0.15) is 12.0 Å². The zero-order valence-corrected chi connectivity index (χ0v) is 14.8. The molecule has 4 rings (SSSR count). The van der Waals surface area contributed by atoms with E-state index in [0.717, 1.165) is 36.5 Å². The fourth-order valence-electron chi connectivity index (χ4n) is 3.42. The van der Waals surface area contributed by atoms with Crippen molar-refractivity contribution in [3.8, 4) is 11.3 Å². The Bertz CT molecular complexity index is 966. The Balaban J connectivity index is 1.58. The van der Waals surface area contributed by atoms with Crippen LogP contribution in [0, 0.1) is 5.82 Å². The van der Waals surface area contributed by atoms with Crippen LogP contribution < -0.4 is 9.88 Å². The van der Waals surface area contributed by atoms with E-state index in [1.54, 1.807) is 12.1 Å². The lowest BCUT2D eigenvalue weighted by atomic mass is 10.2. The molecule has 1 aliphatic rings. The van der Waals surface area contributed by atoms with Gasteiger partial charge in [-0.3, -0.25) is 4.79 Å². The number of amides is 1. The molecule has 0 atom stereocenters. The number of hydrogen-bond donors (Lipinski definition) is 1. The van der Waals surface area contributed by atoms with Crippen LogP contribution in [-0.2, 0) is 24.3 Å². The second kappa shape index (κ2) is 6.92. The average molecular weight is 371 g/mol. The molecule has 0 bridgehead atoms. The number of nitrogens with one attached hydrogen (secondary N) is 1. The fraction of sp³-hybridized carbons (Fsp3) is 0.200. The molecule has 0 spiro atoms. The van der Waals surface area contributed by atoms with Crippen molar-refractivity contribution in [2.75, 3.05) is 5.32 Å². The Morgan fingerprint density at radius 3 is 2.81 bits per heavy atom. The van der Waals surface area contributed by atoms with E-state index in [2.05, 4.69) is 9.88 Å². The molecule has 6 heteroatoms. The van der Waals surface area contributed by atoms with E-state index in [-0.39, 0.29) is 18.3 Å². The van der Waals surface area contributed by atoms with Gasteiger partial charge >= 0.3 is 0 Å². The number of carbonyl (C=O) groups is 1. The van der Waals surface area contributed by atoms with Crippen molar-refractivity contribution in [1.82, 2.24) is 4.57 Å². The van der Waals surface area contributed by atoms with E-state index in [0.29, 0.717) is 10.7 Å². The maximum absolute atomic E-state index is 13.3. The zero-order valence-electron chi connectivity index (χ0n) is 14.1. The average Bonchev–Trinajstić information content (AvgIpc) is 3.20. The molecule has 132 valence electrons. The maximum atomic E-state index is 13.3. The Morgan fingerprint density at radius 2 is 2.04 bits per heavy atom. The summed E-state index contributed by atoms with van der Waals surface area (Å²) in [5, 5.41) is 3.45. The van der Waals surface area contributed by atoms with Crippen LogP contribution in [0.3, 0.4) is 0 Å². The Labute approximate surface area is 155 Å². The Hall–Kier alpha value is -2.66. The largest absolute Gasteiger partial charge is 0.323 e. The summed E-state index contributed by atoms with van der Waals surface area (Å²) in [7, 11) is 0. The van der Waals surface area contributed by atoms with Gasteiger partial charge in [0.05, 0.1) is 13.0 Å². The zero-order chi connectivity index (χ0) is 18.1. The molecule has 1 N–H and O–H groups in total. The van der Waals surface area contributed by atoms with Crippen LogP contribution in [0.15, 0.2) is 54.7 Å². The van der Waals surface area contributed by atoms with Gasteiger partial charge < -0.3 is 5.32 Å². The third-order valence-electron chi connectivity index (χ3n) is 4.56. The lowest BCUT2D eigenvalue weighted by Gasteiger charge is -2.04. The van der Waals surface area contributed by atoms with E-state index >= 15 is 0 Å². The number of benzene rings is 2. The quantitative estimate of drug-likeness (QED) is 0.696. The number of hydrogen-bond acceptors (Lipinski definition) is 1. The van der Waals surface area contributed by atoms with Crippen LogP contribution in [0.4, 0.5) is 10.1 Å². The van der Waals surface area contributed by atoms with Crippen LogP contribution in [0.1, 0.15) is 12.2 Å². The van der Waals surface area contributed by atoms with Gasteiger partial charge in [-0.15, -0.1) is 0 Å². The first kappa shape index (κ1) is 16.8. The molecule has 0 aliphatic carbocycles. The van der Waals surface area contributed by atoms with Gasteiger partial charge in [0, 0.05) is 16.3 Å². The number of carbonyl (C=O) groups excluding carboxylic acids is 1. The van der Waals surface area contributed by atoms with E-state index in [9.17, 15) is 9.18 Å². The summed E-state index contributed by atoms with van der Waals surface area (Å²) < 4.78 is 17.5. The smallest absolute Gasteiger partial charge is 0.266 e. The molecule has 0 saturated carbocycles. The van der Waals surface area contributed by atoms with Crippen molar-refractivity contribution >= 4 is 23.2 Å². The molecule has 3 aromatic rings. The van der Waals surface area contributed by atoms with Crippen molar-refractivity contribution < 1.29 is 13.8 Å². The highest BCUT2D eigenvalue weighted by Gasteiger charge is 2.29. The molecule has 2 aromatic carbocycles. The molecule has 1 aliphatic heterocycles. The van der Waals surface area contributed by atoms with Crippen molar-refractivity contribution in [2.45, 2.75) is 25.9 Å². The summed E-state index contributed by atoms with van der Waals surface area (Å²) in [4.78, 5) is 12.4. The normalized spacial score (nSPS) is 12.8. The minimum atomic E-state index is -0.370. The maximum Gasteiger partial charge on any atom is 0.266 e. The number of fused-ring (bicyclic) bond motifs is 1. The lowest BCUT2D eigenvalue weighted by Crippen LogP contribution is -2.42. The van der Waals surface area contributed by atoms with E-state index in [4.69, 9.17) is 11.6 Å². The molecule has 1 amide bonds. The summed E-state index contributed by atoms with van der Waals surface area (Å²) in [5.74, 6) is 0.582. The van der Waals surface area contributed by atoms with Crippen molar-refractivity contribution in [3.63, 3.8) is 0 Å². The molecule has 1 aromatic heterocycles. The topological polar surface area (TPSA) is 37.9 Å². The molecular weight excluding hydrogens is 353 g/mol. The number of rotatable bonds is 4. The van der Waals surface area contributed by atoms with Gasteiger partial charge in [-0.1, -0.05) is 17.7 Å². The SMILES string of the molecule is O=C(C[n+]1cc(-c2ccc(Cl)cc2)n2c1CCC2)Nc1cccc(F)c1. The van der Waals surface area contributed by atoms with Gasteiger partial charge in [0.2, 0.25) is 0 Å². The third-order valence-corrected chi connectivity index (χ3v) is 4.81. The number of halogens is 2. The molecule has 2 heterocycles. The minimum absolute atomic E-state index is 0.177. The summed E-state index contributed by atoms with van der Waals surface area (Å²) in [6, 6.07) is 13.6. The van der Waals surface area contributed by atoms with Crippen LogP contribution in [-0.4, -0.2) is 10.5 Å². The summed E-state index contributed by atoms with van der Waals surface area (Å²) >= 11 is 5.99. The molecule has 0 unspecified atom stereocenters. The first-order valence-electron chi connectivity index (χ1n) is 8.53.